The maximum absolute atomic E-state index is 10.9. The minimum atomic E-state index is -0.918. The van der Waals surface area contributed by atoms with Crippen molar-refractivity contribution >= 4 is 11.7 Å². The Bertz CT molecular complexity index is 478. The largest absolute Gasteiger partial charge is 0.484 e. The second-order valence-corrected chi connectivity index (χ2v) is 4.59. The predicted molar refractivity (Wildman–Crippen MR) is 72.6 cm³/mol. The van der Waals surface area contributed by atoms with Gasteiger partial charge in [0, 0.05) is 12.5 Å². The van der Waals surface area contributed by atoms with Gasteiger partial charge in [-0.1, -0.05) is 12.1 Å². The van der Waals surface area contributed by atoms with Crippen molar-refractivity contribution in [1.82, 2.24) is 0 Å². The number of para-hydroxylation sites is 2. The van der Waals surface area contributed by atoms with E-state index in [0.717, 1.165) is 0 Å². The molecule has 1 aromatic carbocycles. The van der Waals surface area contributed by atoms with Crippen LogP contribution in [0.25, 0.3) is 0 Å². The summed E-state index contributed by atoms with van der Waals surface area (Å²) in [6.45, 7) is 1.97. The molecule has 0 radical (unpaired) electrons. The fourth-order valence-corrected chi connectivity index (χ4v) is 1.95. The van der Waals surface area contributed by atoms with Gasteiger partial charge in [0.25, 0.3) is 0 Å². The Morgan fingerprint density at radius 1 is 1.50 bits per heavy atom. The van der Waals surface area contributed by atoms with Crippen LogP contribution in [0.4, 0.5) is 5.69 Å². The number of carboxylic acids is 1. The number of ether oxygens (including phenoxy) is 1. The van der Waals surface area contributed by atoms with Gasteiger partial charge in [0.05, 0.1) is 11.0 Å². The summed E-state index contributed by atoms with van der Waals surface area (Å²) in [6.07, 6.45) is 0.0274. The molecule has 2 unspecified atom stereocenters. The van der Waals surface area contributed by atoms with Gasteiger partial charge in [0.2, 0.25) is 0 Å². The van der Waals surface area contributed by atoms with Crippen LogP contribution in [0, 0.1) is 16.0 Å². The first-order valence-corrected chi connectivity index (χ1v) is 6.26. The summed E-state index contributed by atoms with van der Waals surface area (Å²) in [4.78, 5) is 21.0. The van der Waals surface area contributed by atoms with E-state index in [0.29, 0.717) is 6.42 Å². The molecule has 3 N–H and O–H groups in total. The summed E-state index contributed by atoms with van der Waals surface area (Å²) in [5.41, 5.74) is 5.40. The van der Waals surface area contributed by atoms with Crippen molar-refractivity contribution in [2.24, 2.45) is 11.7 Å². The molecule has 0 aromatic heterocycles. The Morgan fingerprint density at radius 2 is 2.15 bits per heavy atom. The van der Waals surface area contributed by atoms with Crippen LogP contribution in [0.15, 0.2) is 24.3 Å². The maximum atomic E-state index is 10.9. The number of carboxylic acid groups (broad SMARTS) is 1. The number of aliphatic carboxylic acids is 1. The van der Waals surface area contributed by atoms with E-state index in [-0.39, 0.29) is 36.4 Å². The van der Waals surface area contributed by atoms with Crippen molar-refractivity contribution in [1.29, 1.82) is 0 Å². The van der Waals surface area contributed by atoms with E-state index < -0.39 is 10.9 Å². The first kappa shape index (κ1) is 15.9. The summed E-state index contributed by atoms with van der Waals surface area (Å²) >= 11 is 0. The Morgan fingerprint density at radius 3 is 2.70 bits per heavy atom. The normalized spacial score (nSPS) is 13.5. The van der Waals surface area contributed by atoms with E-state index in [1.807, 2.05) is 0 Å². The van der Waals surface area contributed by atoms with Crippen molar-refractivity contribution < 1.29 is 19.6 Å². The zero-order valence-corrected chi connectivity index (χ0v) is 11.2. The SMILES string of the molecule is CC(CC(CN)CC(=O)O)Oc1ccccc1[N+](=O)[O-]. The highest BCUT2D eigenvalue weighted by Crippen LogP contribution is 2.28. The second kappa shape index (κ2) is 7.44. The minimum Gasteiger partial charge on any atom is -0.484 e. The predicted octanol–water partition coefficient (Wildman–Crippen LogP) is 1.80. The molecule has 110 valence electrons. The third kappa shape index (κ3) is 4.85. The highest BCUT2D eigenvalue weighted by molar-refractivity contribution is 5.67. The first-order chi connectivity index (χ1) is 9.43. The van der Waals surface area contributed by atoms with Crippen molar-refractivity contribution in [3.63, 3.8) is 0 Å². The fourth-order valence-electron chi connectivity index (χ4n) is 1.95. The Balaban J connectivity index is 2.68. The van der Waals surface area contributed by atoms with Crippen LogP contribution in [-0.2, 0) is 4.79 Å². The average Bonchev–Trinajstić information content (AvgIpc) is 2.37. The highest BCUT2D eigenvalue weighted by atomic mass is 16.6. The van der Waals surface area contributed by atoms with Crippen LogP contribution in [0.5, 0.6) is 5.75 Å². The van der Waals surface area contributed by atoms with E-state index in [4.69, 9.17) is 15.6 Å². The Kier molecular flexibility index (Phi) is 5.92. The number of nitro benzene ring substituents is 1. The number of nitrogens with zero attached hydrogens (tertiary/aromatic N) is 1. The number of rotatable bonds is 8. The van der Waals surface area contributed by atoms with Gasteiger partial charge in [-0.15, -0.1) is 0 Å². The third-order valence-corrected chi connectivity index (χ3v) is 2.85. The molecular formula is C13H18N2O5. The number of nitrogens with two attached hydrogens (primary N) is 1. The second-order valence-electron chi connectivity index (χ2n) is 4.59. The van der Waals surface area contributed by atoms with Crippen molar-refractivity contribution in [2.75, 3.05) is 6.54 Å². The van der Waals surface area contributed by atoms with Crippen LogP contribution in [0.3, 0.4) is 0 Å². The zero-order chi connectivity index (χ0) is 15.1. The molecule has 1 aromatic rings. The maximum Gasteiger partial charge on any atom is 0.310 e. The van der Waals surface area contributed by atoms with Gasteiger partial charge in [-0.2, -0.15) is 0 Å². The van der Waals surface area contributed by atoms with Crippen molar-refractivity contribution in [3.8, 4) is 5.75 Å². The molecule has 0 heterocycles. The lowest BCUT2D eigenvalue weighted by molar-refractivity contribution is -0.386. The number of benzene rings is 1. The lowest BCUT2D eigenvalue weighted by atomic mass is 9.99. The molecule has 1 rings (SSSR count). The van der Waals surface area contributed by atoms with Gasteiger partial charge in [-0.25, -0.2) is 0 Å². The summed E-state index contributed by atoms with van der Waals surface area (Å²) in [7, 11) is 0. The molecule has 2 atom stereocenters. The molecule has 0 bridgehead atoms. The van der Waals surface area contributed by atoms with Crippen LogP contribution in [-0.4, -0.2) is 28.6 Å². The van der Waals surface area contributed by atoms with Crippen LogP contribution in [0.2, 0.25) is 0 Å². The smallest absolute Gasteiger partial charge is 0.310 e. The molecule has 0 aliphatic carbocycles. The molecule has 7 heteroatoms. The van der Waals surface area contributed by atoms with Crippen molar-refractivity contribution in [2.45, 2.75) is 25.9 Å². The summed E-state index contributed by atoms with van der Waals surface area (Å²) in [5.74, 6) is -0.959. The standard InChI is InChI=1S/C13H18N2O5/c1-9(6-10(8-14)7-13(16)17)20-12-5-3-2-4-11(12)15(18)19/h2-5,9-10H,6-8,14H2,1H3,(H,16,17). The van der Waals surface area contributed by atoms with Gasteiger partial charge < -0.3 is 15.6 Å². The fraction of sp³-hybridized carbons (Fsp3) is 0.462. The summed E-state index contributed by atoms with van der Waals surface area (Å²) in [6, 6.07) is 6.08. The highest BCUT2D eigenvalue weighted by Gasteiger charge is 2.20. The summed E-state index contributed by atoms with van der Waals surface area (Å²) < 4.78 is 5.53. The van der Waals surface area contributed by atoms with E-state index in [1.54, 1.807) is 19.1 Å². The molecule has 0 saturated heterocycles. The van der Waals surface area contributed by atoms with Crippen LogP contribution in [0.1, 0.15) is 19.8 Å². The topological polar surface area (TPSA) is 116 Å². The van der Waals surface area contributed by atoms with Gasteiger partial charge in [-0.05, 0) is 31.9 Å². The zero-order valence-electron chi connectivity index (χ0n) is 11.2. The first-order valence-electron chi connectivity index (χ1n) is 6.26. The summed E-state index contributed by atoms with van der Waals surface area (Å²) in [5, 5.41) is 19.6. The number of nitro groups is 1. The quantitative estimate of drug-likeness (QED) is 0.554. The number of hydrogen-bond acceptors (Lipinski definition) is 5. The average molecular weight is 282 g/mol. The van der Waals surface area contributed by atoms with Crippen LogP contribution < -0.4 is 10.5 Å². The van der Waals surface area contributed by atoms with E-state index in [2.05, 4.69) is 0 Å². The molecule has 0 aliphatic rings. The lowest BCUT2D eigenvalue weighted by Gasteiger charge is -2.19. The number of hydrogen-bond donors (Lipinski definition) is 2. The van der Waals surface area contributed by atoms with E-state index >= 15 is 0 Å². The third-order valence-electron chi connectivity index (χ3n) is 2.85. The lowest BCUT2D eigenvalue weighted by Crippen LogP contribution is -2.25. The van der Waals surface area contributed by atoms with Gasteiger partial charge in [0.15, 0.2) is 5.75 Å². The Labute approximate surface area is 116 Å². The van der Waals surface area contributed by atoms with Crippen molar-refractivity contribution in [3.05, 3.63) is 34.4 Å². The van der Waals surface area contributed by atoms with Crippen LogP contribution >= 0.6 is 0 Å². The molecule has 0 aliphatic heterocycles. The van der Waals surface area contributed by atoms with E-state index in [1.165, 1.54) is 12.1 Å². The molecule has 0 amide bonds. The van der Waals surface area contributed by atoms with Gasteiger partial charge in [-0.3, -0.25) is 14.9 Å². The Hall–Kier alpha value is -2.15. The molecule has 0 fully saturated rings. The number of carbonyl (C=O) groups is 1. The van der Waals surface area contributed by atoms with Gasteiger partial charge in [0.1, 0.15) is 0 Å². The van der Waals surface area contributed by atoms with E-state index in [9.17, 15) is 14.9 Å². The molecular weight excluding hydrogens is 264 g/mol. The van der Waals surface area contributed by atoms with Gasteiger partial charge >= 0.3 is 11.7 Å². The monoisotopic (exact) mass is 282 g/mol. The molecule has 7 nitrogen and oxygen atoms in total. The molecule has 20 heavy (non-hydrogen) atoms. The minimum absolute atomic E-state index is 0.0406. The molecule has 0 spiro atoms. The molecule has 0 saturated carbocycles.